The van der Waals surface area contributed by atoms with Gasteiger partial charge in [0.05, 0.1) is 14.2 Å². The Labute approximate surface area is 100 Å². The zero-order chi connectivity index (χ0) is 12.5. The van der Waals surface area contributed by atoms with Gasteiger partial charge < -0.3 is 14.2 Å². The van der Waals surface area contributed by atoms with Gasteiger partial charge in [-0.3, -0.25) is 4.79 Å². The van der Waals surface area contributed by atoms with Crippen LogP contribution < -0.4 is 9.47 Å². The van der Waals surface area contributed by atoms with Crippen molar-refractivity contribution in [3.8, 4) is 11.5 Å². The van der Waals surface area contributed by atoms with E-state index in [-0.39, 0.29) is 5.97 Å². The first-order valence-corrected chi connectivity index (χ1v) is 5.58. The van der Waals surface area contributed by atoms with Crippen molar-refractivity contribution in [3.63, 3.8) is 0 Å². The number of fused-ring (bicyclic) bond motifs is 1. The number of hydrogen-bond donors (Lipinski definition) is 0. The molecule has 0 amide bonds. The number of rotatable bonds is 3. The van der Waals surface area contributed by atoms with Crippen LogP contribution in [0.4, 0.5) is 0 Å². The van der Waals surface area contributed by atoms with Gasteiger partial charge in [-0.2, -0.15) is 0 Å². The molecule has 0 spiro atoms. The maximum atomic E-state index is 12.0. The molecule has 0 saturated carbocycles. The highest BCUT2D eigenvalue weighted by Crippen LogP contribution is 2.46. The van der Waals surface area contributed by atoms with Gasteiger partial charge in [0.1, 0.15) is 12.0 Å². The van der Waals surface area contributed by atoms with Crippen LogP contribution in [-0.2, 0) is 14.9 Å². The summed E-state index contributed by atoms with van der Waals surface area (Å²) in [5, 5.41) is 0. The topological polar surface area (TPSA) is 44.8 Å². The number of carbonyl (C=O) groups excluding carboxylic acids is 1. The first-order chi connectivity index (χ1) is 8.19. The minimum Gasteiger partial charge on any atom is -0.493 e. The lowest BCUT2D eigenvalue weighted by Gasteiger charge is -2.22. The van der Waals surface area contributed by atoms with Gasteiger partial charge >= 0.3 is 5.97 Å². The van der Waals surface area contributed by atoms with E-state index < -0.39 is 5.41 Å². The quantitative estimate of drug-likeness (QED) is 0.752. The third-order valence-electron chi connectivity index (χ3n) is 3.36. The molecular formula is C13H16O4. The normalized spacial score (nSPS) is 21.6. The molecular weight excluding hydrogens is 220 g/mol. The second kappa shape index (κ2) is 4.28. The summed E-state index contributed by atoms with van der Waals surface area (Å²) in [7, 11) is 2.99. The summed E-state index contributed by atoms with van der Waals surface area (Å²) in [6.45, 7) is 2.26. The fourth-order valence-corrected chi connectivity index (χ4v) is 2.28. The molecule has 1 aliphatic heterocycles. The maximum absolute atomic E-state index is 12.0. The minimum atomic E-state index is -0.696. The lowest BCUT2D eigenvalue weighted by Crippen LogP contribution is -2.37. The molecule has 1 aromatic rings. The summed E-state index contributed by atoms with van der Waals surface area (Å²) in [6.07, 6.45) is 0.639. The molecule has 0 aliphatic carbocycles. The predicted octanol–water partition coefficient (Wildman–Crippen LogP) is 1.91. The highest BCUT2D eigenvalue weighted by molar-refractivity contribution is 5.86. The van der Waals surface area contributed by atoms with E-state index in [1.807, 2.05) is 25.1 Å². The zero-order valence-electron chi connectivity index (χ0n) is 10.3. The van der Waals surface area contributed by atoms with E-state index in [0.717, 1.165) is 5.56 Å². The number of methoxy groups -OCH3 is 2. The number of hydrogen-bond acceptors (Lipinski definition) is 4. The van der Waals surface area contributed by atoms with E-state index in [0.29, 0.717) is 24.5 Å². The molecule has 4 heteroatoms. The summed E-state index contributed by atoms with van der Waals surface area (Å²) in [4.78, 5) is 12.0. The molecule has 1 aliphatic rings. The third kappa shape index (κ3) is 1.55. The standard InChI is InChI=1S/C13H16O4/c1-4-13(12(14)16-3)8-17-11-9(13)6-5-7-10(11)15-2/h5-7H,4,8H2,1-3H3. The highest BCUT2D eigenvalue weighted by atomic mass is 16.5. The lowest BCUT2D eigenvalue weighted by molar-refractivity contribution is -0.148. The second-order valence-corrected chi connectivity index (χ2v) is 4.05. The number of esters is 1. The molecule has 92 valence electrons. The van der Waals surface area contributed by atoms with Gasteiger partial charge in [-0.15, -0.1) is 0 Å². The minimum absolute atomic E-state index is 0.257. The SMILES string of the molecule is CCC1(C(=O)OC)COc2c(OC)cccc21. The largest absolute Gasteiger partial charge is 0.493 e. The molecule has 0 fully saturated rings. The Morgan fingerprint density at radius 2 is 2.24 bits per heavy atom. The predicted molar refractivity (Wildman–Crippen MR) is 62.5 cm³/mol. The molecule has 0 N–H and O–H groups in total. The Balaban J connectivity index is 2.55. The van der Waals surface area contributed by atoms with Gasteiger partial charge in [0, 0.05) is 5.56 Å². The molecule has 0 saturated heterocycles. The van der Waals surface area contributed by atoms with Gasteiger partial charge in [0.2, 0.25) is 0 Å². The summed E-state index contributed by atoms with van der Waals surface area (Å²) < 4.78 is 15.8. The average molecular weight is 236 g/mol. The molecule has 0 radical (unpaired) electrons. The van der Waals surface area contributed by atoms with Crippen LogP contribution in [0.3, 0.4) is 0 Å². The number of carbonyl (C=O) groups is 1. The van der Waals surface area contributed by atoms with Crippen LogP contribution in [0.15, 0.2) is 18.2 Å². The number of para-hydroxylation sites is 1. The van der Waals surface area contributed by atoms with Crippen LogP contribution >= 0.6 is 0 Å². The Bertz CT molecular complexity index is 441. The fraction of sp³-hybridized carbons (Fsp3) is 0.462. The summed E-state index contributed by atoms with van der Waals surface area (Å²) >= 11 is 0. The van der Waals surface area contributed by atoms with Crippen molar-refractivity contribution in [1.82, 2.24) is 0 Å². The van der Waals surface area contributed by atoms with Crippen molar-refractivity contribution in [3.05, 3.63) is 23.8 Å². The van der Waals surface area contributed by atoms with Gasteiger partial charge in [0.25, 0.3) is 0 Å². The van der Waals surface area contributed by atoms with Crippen LogP contribution in [0, 0.1) is 0 Å². The second-order valence-electron chi connectivity index (χ2n) is 4.05. The molecule has 0 aromatic heterocycles. The zero-order valence-corrected chi connectivity index (χ0v) is 10.3. The van der Waals surface area contributed by atoms with E-state index >= 15 is 0 Å². The van der Waals surface area contributed by atoms with Crippen LogP contribution in [0.1, 0.15) is 18.9 Å². The molecule has 1 aromatic carbocycles. The van der Waals surface area contributed by atoms with Crippen molar-refractivity contribution in [2.24, 2.45) is 0 Å². The third-order valence-corrected chi connectivity index (χ3v) is 3.36. The molecule has 1 atom stereocenters. The molecule has 1 heterocycles. The monoisotopic (exact) mass is 236 g/mol. The highest BCUT2D eigenvalue weighted by Gasteiger charge is 2.48. The number of ether oxygens (including phenoxy) is 3. The first-order valence-electron chi connectivity index (χ1n) is 5.58. The van der Waals surface area contributed by atoms with E-state index in [1.54, 1.807) is 7.11 Å². The molecule has 17 heavy (non-hydrogen) atoms. The van der Waals surface area contributed by atoms with Crippen molar-refractivity contribution >= 4 is 5.97 Å². The Kier molecular flexibility index (Phi) is 2.96. The molecule has 2 rings (SSSR count). The van der Waals surface area contributed by atoms with Crippen molar-refractivity contribution in [2.75, 3.05) is 20.8 Å². The van der Waals surface area contributed by atoms with Crippen molar-refractivity contribution in [1.29, 1.82) is 0 Å². The van der Waals surface area contributed by atoms with E-state index in [2.05, 4.69) is 0 Å². The Hall–Kier alpha value is -1.71. The lowest BCUT2D eigenvalue weighted by atomic mass is 9.80. The Morgan fingerprint density at radius 1 is 1.47 bits per heavy atom. The average Bonchev–Trinajstić information content (AvgIpc) is 2.77. The smallest absolute Gasteiger partial charge is 0.319 e. The molecule has 4 nitrogen and oxygen atoms in total. The fourth-order valence-electron chi connectivity index (χ4n) is 2.28. The van der Waals surface area contributed by atoms with E-state index in [9.17, 15) is 4.79 Å². The van der Waals surface area contributed by atoms with Gasteiger partial charge in [-0.1, -0.05) is 19.1 Å². The van der Waals surface area contributed by atoms with E-state index in [4.69, 9.17) is 14.2 Å². The van der Waals surface area contributed by atoms with Crippen LogP contribution in [-0.4, -0.2) is 26.8 Å². The van der Waals surface area contributed by atoms with Crippen LogP contribution in [0.5, 0.6) is 11.5 Å². The molecule has 1 unspecified atom stereocenters. The Morgan fingerprint density at radius 3 is 2.82 bits per heavy atom. The first kappa shape index (κ1) is 11.8. The number of benzene rings is 1. The van der Waals surface area contributed by atoms with Crippen molar-refractivity contribution < 1.29 is 19.0 Å². The summed E-state index contributed by atoms with van der Waals surface area (Å²) in [5.74, 6) is 1.05. The van der Waals surface area contributed by atoms with E-state index in [1.165, 1.54) is 7.11 Å². The molecule has 0 bridgehead atoms. The van der Waals surface area contributed by atoms with Crippen molar-refractivity contribution in [2.45, 2.75) is 18.8 Å². The van der Waals surface area contributed by atoms with Gasteiger partial charge in [-0.05, 0) is 12.5 Å². The van der Waals surface area contributed by atoms with Gasteiger partial charge in [0.15, 0.2) is 11.5 Å². The summed E-state index contributed by atoms with van der Waals surface area (Å²) in [5.41, 5.74) is 0.157. The van der Waals surface area contributed by atoms with Crippen LogP contribution in [0.2, 0.25) is 0 Å². The summed E-state index contributed by atoms with van der Waals surface area (Å²) in [6, 6.07) is 5.58. The van der Waals surface area contributed by atoms with Crippen LogP contribution in [0.25, 0.3) is 0 Å². The maximum Gasteiger partial charge on any atom is 0.319 e. The van der Waals surface area contributed by atoms with Gasteiger partial charge in [-0.25, -0.2) is 0 Å².